The predicted octanol–water partition coefficient (Wildman–Crippen LogP) is 3.39. The van der Waals surface area contributed by atoms with Crippen molar-refractivity contribution >= 4 is 5.97 Å². The van der Waals surface area contributed by atoms with E-state index >= 15 is 0 Å². The fraction of sp³-hybridized carbons (Fsp3) is 0.938. The molecule has 1 heterocycles. The third-order valence-corrected chi connectivity index (χ3v) is 5.23. The Morgan fingerprint density at radius 3 is 2.58 bits per heavy atom. The quantitative estimate of drug-likeness (QED) is 0.830. The number of likely N-dealkylation sites (tertiary alicyclic amines) is 1. The van der Waals surface area contributed by atoms with E-state index in [1.165, 1.54) is 45.2 Å². The van der Waals surface area contributed by atoms with Crippen LogP contribution in [-0.4, -0.2) is 35.6 Å². The summed E-state index contributed by atoms with van der Waals surface area (Å²) < 4.78 is 0. The Labute approximate surface area is 117 Å². The van der Waals surface area contributed by atoms with E-state index in [-0.39, 0.29) is 0 Å². The summed E-state index contributed by atoms with van der Waals surface area (Å²) in [5, 5.41) is 9.12. The Balaban J connectivity index is 1.71. The van der Waals surface area contributed by atoms with Crippen LogP contribution in [0.2, 0.25) is 0 Å². The fourth-order valence-electron chi connectivity index (χ4n) is 3.73. The lowest BCUT2D eigenvalue weighted by Gasteiger charge is -2.41. The van der Waals surface area contributed by atoms with Gasteiger partial charge in [-0.05, 0) is 64.5 Å². The number of rotatable bonds is 5. The van der Waals surface area contributed by atoms with Gasteiger partial charge in [0, 0.05) is 6.54 Å². The molecule has 2 aliphatic rings. The van der Waals surface area contributed by atoms with Crippen LogP contribution < -0.4 is 0 Å². The van der Waals surface area contributed by atoms with Crippen molar-refractivity contribution < 1.29 is 9.90 Å². The van der Waals surface area contributed by atoms with Crippen LogP contribution >= 0.6 is 0 Å². The van der Waals surface area contributed by atoms with Gasteiger partial charge in [-0.2, -0.15) is 0 Å². The molecule has 0 spiro atoms. The van der Waals surface area contributed by atoms with Crippen molar-refractivity contribution in [2.75, 3.05) is 19.6 Å². The van der Waals surface area contributed by atoms with E-state index in [1.54, 1.807) is 0 Å². The first kappa shape index (κ1) is 14.8. The zero-order valence-corrected chi connectivity index (χ0v) is 12.5. The summed E-state index contributed by atoms with van der Waals surface area (Å²) in [5.41, 5.74) is -0.566. The van der Waals surface area contributed by atoms with Crippen molar-refractivity contribution in [1.29, 1.82) is 0 Å². The van der Waals surface area contributed by atoms with Crippen molar-refractivity contribution in [1.82, 2.24) is 4.90 Å². The first-order valence-electron chi connectivity index (χ1n) is 7.95. The van der Waals surface area contributed by atoms with Crippen LogP contribution in [0.4, 0.5) is 0 Å². The zero-order chi connectivity index (χ0) is 13.9. The summed E-state index contributed by atoms with van der Waals surface area (Å²) >= 11 is 0. The van der Waals surface area contributed by atoms with Crippen molar-refractivity contribution in [3.63, 3.8) is 0 Å². The minimum Gasteiger partial charge on any atom is -0.481 e. The Morgan fingerprint density at radius 1 is 1.21 bits per heavy atom. The highest BCUT2D eigenvalue weighted by Gasteiger charge is 2.31. The van der Waals surface area contributed by atoms with Crippen molar-refractivity contribution in [2.45, 2.75) is 58.8 Å². The first-order valence-corrected chi connectivity index (χ1v) is 7.95. The normalized spacial score (nSPS) is 28.9. The number of nitrogens with zero attached hydrogens (tertiary/aromatic N) is 1. The molecule has 0 bridgehead atoms. The molecule has 2 atom stereocenters. The van der Waals surface area contributed by atoms with Gasteiger partial charge in [0.15, 0.2) is 0 Å². The zero-order valence-electron chi connectivity index (χ0n) is 12.5. The third kappa shape index (κ3) is 3.95. The average Bonchev–Trinajstić information content (AvgIpc) is 2.38. The minimum atomic E-state index is -0.668. The molecular weight excluding hydrogens is 238 g/mol. The molecule has 1 N–H and O–H groups in total. The molecule has 1 aliphatic carbocycles. The van der Waals surface area contributed by atoms with Crippen LogP contribution in [0, 0.1) is 17.3 Å². The molecule has 1 aliphatic heterocycles. The number of hydrogen-bond acceptors (Lipinski definition) is 2. The number of carboxylic acid groups (broad SMARTS) is 1. The highest BCUT2D eigenvalue weighted by Crippen LogP contribution is 2.36. The van der Waals surface area contributed by atoms with Crippen LogP contribution in [0.1, 0.15) is 58.8 Å². The van der Waals surface area contributed by atoms with E-state index < -0.39 is 11.4 Å². The van der Waals surface area contributed by atoms with Gasteiger partial charge in [0.25, 0.3) is 0 Å². The lowest BCUT2D eigenvalue weighted by Crippen LogP contribution is -2.42. The second-order valence-electron chi connectivity index (χ2n) is 7.19. The van der Waals surface area contributed by atoms with Crippen molar-refractivity contribution in [3.8, 4) is 0 Å². The maximum atomic E-state index is 11.1. The predicted molar refractivity (Wildman–Crippen MR) is 77.2 cm³/mol. The molecule has 3 heteroatoms. The monoisotopic (exact) mass is 267 g/mol. The molecule has 2 rings (SSSR count). The van der Waals surface area contributed by atoms with Gasteiger partial charge in [0.1, 0.15) is 0 Å². The maximum absolute atomic E-state index is 11.1. The second kappa shape index (κ2) is 6.25. The fourth-order valence-corrected chi connectivity index (χ4v) is 3.73. The number of piperidine rings is 1. The molecule has 3 nitrogen and oxygen atoms in total. The topological polar surface area (TPSA) is 40.5 Å². The summed E-state index contributed by atoms with van der Waals surface area (Å²) in [6.45, 7) is 7.25. The van der Waals surface area contributed by atoms with E-state index in [2.05, 4.69) is 4.90 Å². The summed E-state index contributed by atoms with van der Waals surface area (Å²) in [4.78, 5) is 13.7. The number of carboxylic acids is 1. The smallest absolute Gasteiger partial charge is 0.309 e. The van der Waals surface area contributed by atoms with E-state index in [4.69, 9.17) is 5.11 Å². The Morgan fingerprint density at radius 2 is 1.89 bits per heavy atom. The molecule has 2 unspecified atom stereocenters. The van der Waals surface area contributed by atoms with Crippen LogP contribution in [-0.2, 0) is 4.79 Å². The van der Waals surface area contributed by atoms with Gasteiger partial charge < -0.3 is 10.0 Å². The van der Waals surface area contributed by atoms with Crippen molar-refractivity contribution in [3.05, 3.63) is 0 Å². The van der Waals surface area contributed by atoms with Crippen LogP contribution in [0.15, 0.2) is 0 Å². The molecular formula is C16H29NO2. The number of carbonyl (C=O) groups is 1. The van der Waals surface area contributed by atoms with Gasteiger partial charge in [-0.1, -0.05) is 19.3 Å². The first-order chi connectivity index (χ1) is 8.99. The van der Waals surface area contributed by atoms with E-state index in [0.29, 0.717) is 0 Å². The molecule has 19 heavy (non-hydrogen) atoms. The van der Waals surface area contributed by atoms with E-state index in [1.807, 2.05) is 13.8 Å². The number of aliphatic carboxylic acids is 1. The Hall–Kier alpha value is -0.570. The van der Waals surface area contributed by atoms with Gasteiger partial charge in [-0.15, -0.1) is 0 Å². The largest absolute Gasteiger partial charge is 0.481 e. The van der Waals surface area contributed by atoms with E-state index in [9.17, 15) is 4.79 Å². The van der Waals surface area contributed by atoms with Gasteiger partial charge >= 0.3 is 5.97 Å². The third-order valence-electron chi connectivity index (χ3n) is 5.23. The molecule has 1 saturated heterocycles. The lowest BCUT2D eigenvalue weighted by molar-refractivity contribution is -0.147. The van der Waals surface area contributed by atoms with Gasteiger partial charge in [-0.3, -0.25) is 4.79 Å². The minimum absolute atomic E-state index is 0.566. The van der Waals surface area contributed by atoms with Crippen LogP contribution in [0.25, 0.3) is 0 Å². The molecule has 0 aromatic heterocycles. The molecule has 0 aromatic carbocycles. The molecule has 0 aromatic rings. The van der Waals surface area contributed by atoms with Crippen LogP contribution in [0.3, 0.4) is 0 Å². The van der Waals surface area contributed by atoms with Crippen LogP contribution in [0.5, 0.6) is 0 Å². The molecule has 0 radical (unpaired) electrons. The lowest BCUT2D eigenvalue weighted by atomic mass is 9.75. The van der Waals surface area contributed by atoms with Gasteiger partial charge in [0.05, 0.1) is 5.41 Å². The standard InChI is InChI=1S/C16H29NO2/c1-16(2,15(18)19)9-5-10-17-11-8-13-6-3-4-7-14(13)12-17/h13-14H,3-12H2,1-2H3,(H,18,19). The molecule has 0 amide bonds. The Bertz CT molecular complexity index is 314. The second-order valence-corrected chi connectivity index (χ2v) is 7.19. The van der Waals surface area contributed by atoms with Crippen molar-refractivity contribution in [2.24, 2.45) is 17.3 Å². The maximum Gasteiger partial charge on any atom is 0.309 e. The molecule has 1 saturated carbocycles. The Kier molecular flexibility index (Phi) is 4.88. The number of hydrogen-bond donors (Lipinski definition) is 1. The average molecular weight is 267 g/mol. The highest BCUT2D eigenvalue weighted by atomic mass is 16.4. The summed E-state index contributed by atoms with van der Waals surface area (Å²) in [6, 6.07) is 0. The molecule has 110 valence electrons. The SMILES string of the molecule is CC(C)(CCCN1CCC2CCCCC2C1)C(=O)O. The summed E-state index contributed by atoms with van der Waals surface area (Å²) in [7, 11) is 0. The molecule has 2 fully saturated rings. The number of fused-ring (bicyclic) bond motifs is 1. The van der Waals surface area contributed by atoms with Gasteiger partial charge in [0.2, 0.25) is 0 Å². The highest BCUT2D eigenvalue weighted by molar-refractivity contribution is 5.73. The summed E-state index contributed by atoms with van der Waals surface area (Å²) in [5.74, 6) is 1.24. The van der Waals surface area contributed by atoms with Gasteiger partial charge in [-0.25, -0.2) is 0 Å². The van der Waals surface area contributed by atoms with E-state index in [0.717, 1.165) is 31.2 Å². The summed E-state index contributed by atoms with van der Waals surface area (Å²) in [6.07, 6.45) is 8.89.